The van der Waals surface area contributed by atoms with Crippen LogP contribution in [0.1, 0.15) is 32.1 Å². The van der Waals surface area contributed by atoms with Gasteiger partial charge in [0.15, 0.2) is 0 Å². The monoisotopic (exact) mass is 238 g/mol. The molecule has 2 rings (SSSR count). The third-order valence-electron chi connectivity index (χ3n) is 3.42. The van der Waals surface area contributed by atoms with Gasteiger partial charge in [-0.3, -0.25) is 4.84 Å². The Kier molecular flexibility index (Phi) is 3.11. The highest BCUT2D eigenvalue weighted by Gasteiger charge is 2.48. The van der Waals surface area contributed by atoms with Gasteiger partial charge < -0.3 is 0 Å². The lowest BCUT2D eigenvalue weighted by Crippen LogP contribution is -2.51. The largest absolute Gasteiger partial charge is 0.388 e. The Morgan fingerprint density at radius 3 is 2.24 bits per heavy atom. The molecule has 0 aromatic carbocycles. The van der Waals surface area contributed by atoms with Crippen LogP contribution >= 0.6 is 0 Å². The Morgan fingerprint density at radius 1 is 1.18 bits per heavy atom. The van der Waals surface area contributed by atoms with Gasteiger partial charge in [-0.25, -0.2) is 14.4 Å². The Morgan fingerprint density at radius 2 is 1.71 bits per heavy atom. The highest BCUT2D eigenvalue weighted by molar-refractivity contribution is 6.03. The Labute approximate surface area is 99.6 Å². The summed E-state index contributed by atoms with van der Waals surface area (Å²) in [4.78, 5) is 40.0. The van der Waals surface area contributed by atoms with Crippen LogP contribution in [0.5, 0.6) is 0 Å². The van der Waals surface area contributed by atoms with E-state index in [9.17, 15) is 14.4 Å². The minimum atomic E-state index is -0.894. The molecular formula is C12H16NO4+. The van der Waals surface area contributed by atoms with Crippen molar-refractivity contribution in [3.05, 3.63) is 12.2 Å². The van der Waals surface area contributed by atoms with Gasteiger partial charge in [0.05, 0.1) is 18.1 Å². The average molecular weight is 238 g/mol. The lowest BCUT2D eigenvalue weighted by Gasteiger charge is -2.24. The van der Waals surface area contributed by atoms with Crippen LogP contribution in [-0.2, 0) is 19.2 Å². The summed E-state index contributed by atoms with van der Waals surface area (Å²) >= 11 is 0. The molecule has 1 saturated carbocycles. The van der Waals surface area contributed by atoms with Crippen LogP contribution in [0.4, 0.5) is 0 Å². The minimum Gasteiger partial charge on any atom is -0.260 e. The molecule has 1 fully saturated rings. The van der Waals surface area contributed by atoms with E-state index in [2.05, 4.69) is 0 Å². The van der Waals surface area contributed by atoms with Crippen LogP contribution < -0.4 is 0 Å². The fourth-order valence-corrected chi connectivity index (χ4v) is 2.22. The molecule has 0 atom stereocenters. The first kappa shape index (κ1) is 12.0. The molecule has 17 heavy (non-hydrogen) atoms. The standard InChI is InChI=1S/C12H16NO4/c1-13(10(14)7-8-11(13)15)17-12(16)9-5-3-2-4-6-9/h7-9H,2-6H2,1H3/q+1. The summed E-state index contributed by atoms with van der Waals surface area (Å²) < 4.78 is -0.894. The van der Waals surface area contributed by atoms with E-state index in [1.807, 2.05) is 0 Å². The van der Waals surface area contributed by atoms with Crippen molar-refractivity contribution in [2.45, 2.75) is 32.1 Å². The molecule has 0 aromatic heterocycles. The maximum Gasteiger partial charge on any atom is 0.388 e. The maximum atomic E-state index is 11.9. The molecule has 5 heteroatoms. The number of carbonyl (C=O) groups is 3. The second kappa shape index (κ2) is 4.41. The van der Waals surface area contributed by atoms with Crippen molar-refractivity contribution in [1.29, 1.82) is 0 Å². The fourth-order valence-electron chi connectivity index (χ4n) is 2.22. The average Bonchev–Trinajstić information content (AvgIpc) is 2.58. The van der Waals surface area contributed by atoms with Crippen molar-refractivity contribution in [2.75, 3.05) is 7.05 Å². The molecule has 0 spiro atoms. The molecule has 5 nitrogen and oxygen atoms in total. The molecule has 0 saturated heterocycles. The van der Waals surface area contributed by atoms with Gasteiger partial charge in [-0.2, -0.15) is 0 Å². The summed E-state index contributed by atoms with van der Waals surface area (Å²) in [6, 6.07) is 0. The summed E-state index contributed by atoms with van der Waals surface area (Å²) in [6.07, 6.45) is 7.01. The second-order valence-electron chi connectivity index (χ2n) is 4.68. The fraction of sp³-hybridized carbons (Fsp3) is 0.583. The van der Waals surface area contributed by atoms with Crippen LogP contribution in [0.25, 0.3) is 0 Å². The van der Waals surface area contributed by atoms with E-state index in [0.717, 1.165) is 44.3 Å². The first-order valence-electron chi connectivity index (χ1n) is 5.91. The molecule has 0 unspecified atom stereocenters. The molecule has 92 valence electrons. The van der Waals surface area contributed by atoms with E-state index in [1.54, 1.807) is 0 Å². The van der Waals surface area contributed by atoms with E-state index < -0.39 is 22.4 Å². The summed E-state index contributed by atoms with van der Waals surface area (Å²) in [6.45, 7) is 0. The Bertz CT molecular complexity index is 375. The first-order chi connectivity index (χ1) is 8.04. The zero-order chi connectivity index (χ0) is 12.5. The predicted molar refractivity (Wildman–Crippen MR) is 58.0 cm³/mol. The zero-order valence-electron chi connectivity index (χ0n) is 9.85. The van der Waals surface area contributed by atoms with E-state index in [0.29, 0.717) is 0 Å². The number of amides is 2. The van der Waals surface area contributed by atoms with Gasteiger partial charge in [-0.1, -0.05) is 19.3 Å². The van der Waals surface area contributed by atoms with Crippen LogP contribution in [-0.4, -0.2) is 29.5 Å². The zero-order valence-corrected chi connectivity index (χ0v) is 9.85. The van der Waals surface area contributed by atoms with Crippen LogP contribution in [0.15, 0.2) is 12.2 Å². The highest BCUT2D eigenvalue weighted by atomic mass is 16.8. The number of carbonyl (C=O) groups excluding carboxylic acids is 3. The van der Waals surface area contributed by atoms with Crippen molar-refractivity contribution < 1.29 is 23.9 Å². The summed E-state index contributed by atoms with van der Waals surface area (Å²) in [7, 11) is 1.31. The summed E-state index contributed by atoms with van der Waals surface area (Å²) in [5, 5.41) is 0. The SMILES string of the molecule is C[N+]1(OC(=O)C2CCCCC2)C(=O)C=CC1=O. The molecule has 2 amide bonds. The summed E-state index contributed by atoms with van der Waals surface area (Å²) in [5.74, 6) is -1.60. The maximum absolute atomic E-state index is 11.9. The number of hydrogen-bond donors (Lipinski definition) is 0. The van der Waals surface area contributed by atoms with Gasteiger partial charge in [0.1, 0.15) is 7.05 Å². The van der Waals surface area contributed by atoms with Gasteiger partial charge in [-0.15, -0.1) is 0 Å². The van der Waals surface area contributed by atoms with Gasteiger partial charge in [0.25, 0.3) is 0 Å². The number of quaternary nitrogens is 1. The molecule has 2 aliphatic rings. The van der Waals surface area contributed by atoms with Gasteiger partial charge in [-0.05, 0) is 17.5 Å². The van der Waals surface area contributed by atoms with E-state index in [4.69, 9.17) is 4.84 Å². The number of nitrogens with zero attached hydrogens (tertiary/aromatic N) is 1. The number of rotatable bonds is 2. The number of imide groups is 1. The van der Waals surface area contributed by atoms with Crippen molar-refractivity contribution in [1.82, 2.24) is 0 Å². The van der Waals surface area contributed by atoms with Crippen LogP contribution in [0.3, 0.4) is 0 Å². The second-order valence-corrected chi connectivity index (χ2v) is 4.68. The van der Waals surface area contributed by atoms with Gasteiger partial charge >= 0.3 is 17.8 Å². The molecular weight excluding hydrogens is 222 g/mol. The molecule has 1 aliphatic heterocycles. The quantitative estimate of drug-likeness (QED) is 0.534. The van der Waals surface area contributed by atoms with Crippen LogP contribution in [0, 0.1) is 5.92 Å². The van der Waals surface area contributed by atoms with E-state index in [1.165, 1.54) is 7.05 Å². The lowest BCUT2D eigenvalue weighted by atomic mass is 9.89. The normalized spacial score (nSPS) is 24.1. The highest BCUT2D eigenvalue weighted by Crippen LogP contribution is 2.26. The van der Waals surface area contributed by atoms with Crippen molar-refractivity contribution in [3.8, 4) is 0 Å². The lowest BCUT2D eigenvalue weighted by molar-refractivity contribution is -0.940. The molecule has 1 heterocycles. The molecule has 0 N–H and O–H groups in total. The first-order valence-corrected chi connectivity index (χ1v) is 5.91. The van der Waals surface area contributed by atoms with Crippen molar-refractivity contribution in [2.24, 2.45) is 5.92 Å². The van der Waals surface area contributed by atoms with Crippen molar-refractivity contribution >= 4 is 17.8 Å². The van der Waals surface area contributed by atoms with Crippen molar-refractivity contribution in [3.63, 3.8) is 0 Å². The topological polar surface area (TPSA) is 60.4 Å². The Balaban J connectivity index is 2.03. The van der Waals surface area contributed by atoms with E-state index >= 15 is 0 Å². The smallest absolute Gasteiger partial charge is 0.260 e. The number of hydrogen-bond acceptors (Lipinski definition) is 4. The summed E-state index contributed by atoms with van der Waals surface area (Å²) in [5.41, 5.74) is 0. The third kappa shape index (κ3) is 2.15. The minimum absolute atomic E-state index is 0.167. The van der Waals surface area contributed by atoms with E-state index in [-0.39, 0.29) is 5.92 Å². The molecule has 0 aromatic rings. The Hall–Kier alpha value is -1.49. The van der Waals surface area contributed by atoms with Gasteiger partial charge in [0.2, 0.25) is 0 Å². The number of likely N-dealkylation sites (N-methyl/N-ethyl adjacent to an activating group) is 1. The predicted octanol–water partition coefficient (Wildman–Crippen LogP) is 1.09. The number of hydroxylamine groups is 3. The molecule has 0 bridgehead atoms. The van der Waals surface area contributed by atoms with Crippen LogP contribution in [0.2, 0.25) is 0 Å². The van der Waals surface area contributed by atoms with Gasteiger partial charge in [0, 0.05) is 0 Å². The molecule has 1 aliphatic carbocycles. The third-order valence-corrected chi connectivity index (χ3v) is 3.42. The molecule has 0 radical (unpaired) electrons.